The van der Waals surface area contributed by atoms with Crippen molar-refractivity contribution in [3.05, 3.63) is 17.0 Å². The Morgan fingerprint density at radius 1 is 1.28 bits per heavy atom. The van der Waals surface area contributed by atoms with Gasteiger partial charge >= 0.3 is 0 Å². The molecule has 0 saturated heterocycles. The molecular weight excluding hydrogens is 314 g/mol. The van der Waals surface area contributed by atoms with Gasteiger partial charge in [0, 0.05) is 31.0 Å². The minimum absolute atomic E-state index is 0.0768. The largest absolute Gasteiger partial charge is 0.378 e. The molecular formula is C20H35N3O2. The summed E-state index contributed by atoms with van der Waals surface area (Å²) in [5.41, 5.74) is 3.15. The van der Waals surface area contributed by atoms with E-state index < -0.39 is 0 Å². The molecule has 1 aromatic rings. The third-order valence-electron chi connectivity index (χ3n) is 4.96. The van der Waals surface area contributed by atoms with E-state index in [1.54, 1.807) is 0 Å². The van der Waals surface area contributed by atoms with E-state index in [2.05, 4.69) is 31.2 Å². The van der Waals surface area contributed by atoms with Crippen LogP contribution in [-0.2, 0) is 22.5 Å². The first-order valence-electron chi connectivity index (χ1n) is 9.88. The average Bonchev–Trinajstić information content (AvgIpc) is 2.82. The standard InChI is InChI=1S/C20H35N3O2/c1-15(2)14-23-17(4)19(16(3)22-23)13-20(24)21-11-8-12-25-18-9-6-5-7-10-18/h15,18H,5-14H2,1-4H3,(H,21,24). The molecule has 25 heavy (non-hydrogen) atoms. The lowest BCUT2D eigenvalue weighted by atomic mass is 9.98. The quantitative estimate of drug-likeness (QED) is 0.694. The smallest absolute Gasteiger partial charge is 0.224 e. The normalized spacial score (nSPS) is 15.7. The number of nitrogens with one attached hydrogen (secondary N) is 1. The van der Waals surface area contributed by atoms with Gasteiger partial charge in [0.1, 0.15) is 0 Å². The SMILES string of the molecule is Cc1nn(CC(C)C)c(C)c1CC(=O)NCCCOC1CCCCC1. The molecule has 0 aromatic carbocycles. The maximum Gasteiger partial charge on any atom is 0.224 e. The molecule has 142 valence electrons. The van der Waals surface area contributed by atoms with Crippen LogP contribution in [0.25, 0.3) is 0 Å². The topological polar surface area (TPSA) is 56.2 Å². The zero-order chi connectivity index (χ0) is 18.2. The van der Waals surface area contributed by atoms with Gasteiger partial charge in [-0.15, -0.1) is 0 Å². The van der Waals surface area contributed by atoms with Gasteiger partial charge in [-0.1, -0.05) is 33.1 Å². The molecule has 0 unspecified atom stereocenters. The van der Waals surface area contributed by atoms with Crippen LogP contribution in [0.5, 0.6) is 0 Å². The summed E-state index contributed by atoms with van der Waals surface area (Å²) in [5.74, 6) is 0.622. The predicted molar refractivity (Wildman–Crippen MR) is 101 cm³/mol. The summed E-state index contributed by atoms with van der Waals surface area (Å²) >= 11 is 0. The van der Waals surface area contributed by atoms with Gasteiger partial charge in [0.25, 0.3) is 0 Å². The van der Waals surface area contributed by atoms with Gasteiger partial charge < -0.3 is 10.1 Å². The van der Waals surface area contributed by atoms with Crippen molar-refractivity contribution in [3.63, 3.8) is 0 Å². The Hall–Kier alpha value is -1.36. The zero-order valence-electron chi connectivity index (χ0n) is 16.4. The second kappa shape index (κ2) is 9.95. The van der Waals surface area contributed by atoms with Crippen LogP contribution in [0.4, 0.5) is 0 Å². The fourth-order valence-corrected chi connectivity index (χ4v) is 3.52. The molecule has 1 aliphatic carbocycles. The van der Waals surface area contributed by atoms with Crippen LogP contribution in [-0.4, -0.2) is 34.9 Å². The van der Waals surface area contributed by atoms with E-state index in [9.17, 15) is 4.79 Å². The first kappa shape index (κ1) is 20.0. The van der Waals surface area contributed by atoms with Gasteiger partial charge in [-0.2, -0.15) is 5.10 Å². The number of hydrogen-bond acceptors (Lipinski definition) is 3. The number of aromatic nitrogens is 2. The Kier molecular flexibility index (Phi) is 7.94. The summed E-state index contributed by atoms with van der Waals surface area (Å²) in [6.45, 7) is 10.7. The highest BCUT2D eigenvalue weighted by atomic mass is 16.5. The Labute approximate surface area is 152 Å². The number of carbonyl (C=O) groups is 1. The Morgan fingerprint density at radius 2 is 2.00 bits per heavy atom. The highest BCUT2D eigenvalue weighted by Crippen LogP contribution is 2.20. The number of ether oxygens (including phenoxy) is 1. The van der Waals surface area contributed by atoms with Crippen molar-refractivity contribution < 1.29 is 9.53 Å². The van der Waals surface area contributed by atoms with Crippen LogP contribution in [0.1, 0.15) is 69.3 Å². The molecule has 1 aliphatic rings. The molecule has 2 rings (SSSR count). The van der Waals surface area contributed by atoms with E-state index >= 15 is 0 Å². The molecule has 1 saturated carbocycles. The van der Waals surface area contributed by atoms with Crippen molar-refractivity contribution in [3.8, 4) is 0 Å². The molecule has 5 nitrogen and oxygen atoms in total. The van der Waals surface area contributed by atoms with Gasteiger partial charge in [0.05, 0.1) is 18.2 Å². The summed E-state index contributed by atoms with van der Waals surface area (Å²) in [6.07, 6.45) is 8.09. The van der Waals surface area contributed by atoms with Crippen LogP contribution in [0.2, 0.25) is 0 Å². The number of amides is 1. The maximum absolute atomic E-state index is 12.2. The van der Waals surface area contributed by atoms with E-state index in [1.807, 2.05) is 11.6 Å². The average molecular weight is 350 g/mol. The van der Waals surface area contributed by atoms with E-state index in [-0.39, 0.29) is 5.91 Å². The van der Waals surface area contributed by atoms with Crippen molar-refractivity contribution in [1.29, 1.82) is 0 Å². The Morgan fingerprint density at radius 3 is 2.68 bits per heavy atom. The molecule has 1 fully saturated rings. The third-order valence-corrected chi connectivity index (χ3v) is 4.96. The first-order valence-corrected chi connectivity index (χ1v) is 9.88. The van der Waals surface area contributed by atoms with E-state index in [1.165, 1.54) is 32.1 Å². The monoisotopic (exact) mass is 349 g/mol. The van der Waals surface area contributed by atoms with Crippen LogP contribution in [0.15, 0.2) is 0 Å². The Balaban J connectivity index is 1.68. The van der Waals surface area contributed by atoms with Crippen molar-refractivity contribution >= 4 is 5.91 Å². The molecule has 0 bridgehead atoms. The molecule has 5 heteroatoms. The number of carbonyl (C=O) groups excluding carboxylic acids is 1. The molecule has 0 radical (unpaired) electrons. The molecule has 1 amide bonds. The predicted octanol–water partition coefficient (Wildman–Crippen LogP) is 3.55. The summed E-state index contributed by atoms with van der Waals surface area (Å²) in [4.78, 5) is 12.2. The third kappa shape index (κ3) is 6.46. The summed E-state index contributed by atoms with van der Waals surface area (Å²) in [6, 6.07) is 0. The molecule has 1 N–H and O–H groups in total. The van der Waals surface area contributed by atoms with Crippen molar-refractivity contribution in [2.24, 2.45) is 5.92 Å². The van der Waals surface area contributed by atoms with Crippen molar-refractivity contribution in [2.75, 3.05) is 13.2 Å². The molecule has 1 aromatic heterocycles. The summed E-state index contributed by atoms with van der Waals surface area (Å²) in [7, 11) is 0. The lowest BCUT2D eigenvalue weighted by Crippen LogP contribution is -2.28. The second-order valence-electron chi connectivity index (χ2n) is 7.74. The fraction of sp³-hybridized carbons (Fsp3) is 0.800. The van der Waals surface area contributed by atoms with Gasteiger partial charge in [-0.25, -0.2) is 0 Å². The van der Waals surface area contributed by atoms with E-state index in [4.69, 9.17) is 4.74 Å². The van der Waals surface area contributed by atoms with E-state index in [0.29, 0.717) is 25.0 Å². The number of nitrogens with zero attached hydrogens (tertiary/aromatic N) is 2. The first-order chi connectivity index (χ1) is 12.0. The number of rotatable bonds is 9. The Bertz CT molecular complexity index is 545. The molecule has 0 atom stereocenters. The summed E-state index contributed by atoms with van der Waals surface area (Å²) in [5, 5.41) is 7.60. The molecule has 1 heterocycles. The van der Waals surface area contributed by atoms with Crippen LogP contribution >= 0.6 is 0 Å². The lowest BCUT2D eigenvalue weighted by Gasteiger charge is -2.21. The van der Waals surface area contributed by atoms with E-state index in [0.717, 1.165) is 36.5 Å². The number of aryl methyl sites for hydroxylation is 1. The summed E-state index contributed by atoms with van der Waals surface area (Å²) < 4.78 is 7.93. The van der Waals surface area contributed by atoms with Crippen LogP contribution in [0.3, 0.4) is 0 Å². The molecule has 0 spiro atoms. The minimum Gasteiger partial charge on any atom is -0.378 e. The lowest BCUT2D eigenvalue weighted by molar-refractivity contribution is -0.120. The maximum atomic E-state index is 12.2. The minimum atomic E-state index is 0.0768. The van der Waals surface area contributed by atoms with Crippen molar-refractivity contribution in [1.82, 2.24) is 15.1 Å². The van der Waals surface area contributed by atoms with Gasteiger partial charge in [-0.3, -0.25) is 9.48 Å². The second-order valence-corrected chi connectivity index (χ2v) is 7.74. The fourth-order valence-electron chi connectivity index (χ4n) is 3.52. The van der Waals surface area contributed by atoms with Crippen molar-refractivity contribution in [2.45, 2.75) is 85.3 Å². The van der Waals surface area contributed by atoms with Gasteiger partial charge in [0.2, 0.25) is 5.91 Å². The highest BCUT2D eigenvalue weighted by Gasteiger charge is 2.16. The van der Waals surface area contributed by atoms with Gasteiger partial charge in [0.15, 0.2) is 0 Å². The van der Waals surface area contributed by atoms with Gasteiger partial charge in [-0.05, 0) is 39.0 Å². The highest BCUT2D eigenvalue weighted by molar-refractivity contribution is 5.79. The van der Waals surface area contributed by atoms with Crippen LogP contribution in [0, 0.1) is 19.8 Å². The zero-order valence-corrected chi connectivity index (χ0v) is 16.4. The number of hydrogen-bond donors (Lipinski definition) is 1. The van der Waals surface area contributed by atoms with Crippen LogP contribution < -0.4 is 5.32 Å². The molecule has 0 aliphatic heterocycles.